The van der Waals surface area contributed by atoms with Crippen LogP contribution < -0.4 is 14.8 Å². The maximum absolute atomic E-state index is 9.84. The van der Waals surface area contributed by atoms with E-state index in [4.69, 9.17) is 9.47 Å². The topological polar surface area (TPSA) is 50.7 Å². The Hall–Kier alpha value is -1.42. The average Bonchev–Trinajstić information content (AvgIpc) is 3.16. The van der Waals surface area contributed by atoms with Crippen molar-refractivity contribution in [3.8, 4) is 17.2 Å². The minimum atomic E-state index is 0.0593. The van der Waals surface area contributed by atoms with Crippen molar-refractivity contribution in [1.29, 1.82) is 0 Å². The number of methoxy groups -OCH3 is 2. The highest BCUT2D eigenvalue weighted by molar-refractivity contribution is 5.52. The van der Waals surface area contributed by atoms with Crippen LogP contribution in [-0.4, -0.2) is 25.4 Å². The Balaban J connectivity index is 1.97. The third-order valence-corrected chi connectivity index (χ3v) is 3.69. The first kappa shape index (κ1) is 14.0. The molecule has 0 aliphatic heterocycles. The molecule has 4 nitrogen and oxygen atoms in total. The number of rotatable bonds is 7. The first-order valence-electron chi connectivity index (χ1n) is 6.86. The fourth-order valence-electron chi connectivity index (χ4n) is 2.49. The van der Waals surface area contributed by atoms with Crippen molar-refractivity contribution in [2.75, 3.05) is 14.2 Å². The van der Waals surface area contributed by atoms with Gasteiger partial charge in [-0.3, -0.25) is 0 Å². The summed E-state index contributed by atoms with van der Waals surface area (Å²) in [7, 11) is 3.09. The van der Waals surface area contributed by atoms with Crippen molar-refractivity contribution < 1.29 is 14.6 Å². The molecule has 0 radical (unpaired) electrons. The summed E-state index contributed by atoms with van der Waals surface area (Å²) >= 11 is 0. The monoisotopic (exact) mass is 265 g/mol. The molecule has 2 rings (SSSR count). The number of benzene rings is 1. The molecule has 0 amide bonds. The largest absolute Gasteiger partial charge is 0.502 e. The maximum atomic E-state index is 9.84. The number of phenolic OH excluding ortho intramolecular Hbond substituents is 1. The van der Waals surface area contributed by atoms with Crippen molar-refractivity contribution in [3.63, 3.8) is 0 Å². The second-order valence-electron chi connectivity index (χ2n) is 5.12. The molecule has 106 valence electrons. The van der Waals surface area contributed by atoms with Crippen LogP contribution >= 0.6 is 0 Å². The van der Waals surface area contributed by atoms with Crippen molar-refractivity contribution in [2.24, 2.45) is 5.92 Å². The summed E-state index contributed by atoms with van der Waals surface area (Å²) < 4.78 is 10.3. The quantitative estimate of drug-likeness (QED) is 0.796. The van der Waals surface area contributed by atoms with Gasteiger partial charge in [-0.1, -0.05) is 13.3 Å². The summed E-state index contributed by atoms with van der Waals surface area (Å²) in [5.74, 6) is 1.81. The number of nitrogens with one attached hydrogen (secondary N) is 1. The molecule has 2 N–H and O–H groups in total. The van der Waals surface area contributed by atoms with Gasteiger partial charge in [0.1, 0.15) is 0 Å². The zero-order chi connectivity index (χ0) is 13.8. The van der Waals surface area contributed by atoms with Gasteiger partial charge >= 0.3 is 0 Å². The number of ether oxygens (including phenoxy) is 2. The summed E-state index contributed by atoms with van der Waals surface area (Å²) in [6.07, 6.45) is 3.84. The summed E-state index contributed by atoms with van der Waals surface area (Å²) in [6, 6.07) is 4.34. The van der Waals surface area contributed by atoms with Crippen LogP contribution in [0.2, 0.25) is 0 Å². The van der Waals surface area contributed by atoms with Gasteiger partial charge in [-0.25, -0.2) is 0 Å². The molecular weight excluding hydrogens is 242 g/mol. The van der Waals surface area contributed by atoms with Gasteiger partial charge in [0, 0.05) is 12.6 Å². The Labute approximate surface area is 114 Å². The van der Waals surface area contributed by atoms with Crippen molar-refractivity contribution in [1.82, 2.24) is 5.32 Å². The lowest BCUT2D eigenvalue weighted by atomic mass is 10.1. The highest BCUT2D eigenvalue weighted by atomic mass is 16.5. The average molecular weight is 265 g/mol. The third-order valence-electron chi connectivity index (χ3n) is 3.69. The molecule has 19 heavy (non-hydrogen) atoms. The van der Waals surface area contributed by atoms with E-state index < -0.39 is 0 Å². The van der Waals surface area contributed by atoms with Crippen LogP contribution in [0.15, 0.2) is 12.1 Å². The number of phenols is 1. The van der Waals surface area contributed by atoms with Crippen molar-refractivity contribution in [3.05, 3.63) is 17.7 Å². The number of hydrogen-bond donors (Lipinski definition) is 2. The van der Waals surface area contributed by atoms with E-state index >= 15 is 0 Å². The van der Waals surface area contributed by atoms with Gasteiger partial charge in [-0.15, -0.1) is 0 Å². The Morgan fingerprint density at radius 2 is 1.89 bits per heavy atom. The highest BCUT2D eigenvalue weighted by Crippen LogP contribution is 2.38. The third kappa shape index (κ3) is 3.32. The van der Waals surface area contributed by atoms with Crippen LogP contribution in [0.3, 0.4) is 0 Å². The van der Waals surface area contributed by atoms with E-state index in [0.29, 0.717) is 17.5 Å². The molecule has 1 aromatic carbocycles. The number of hydrogen-bond acceptors (Lipinski definition) is 4. The minimum absolute atomic E-state index is 0.0593. The predicted molar refractivity (Wildman–Crippen MR) is 74.9 cm³/mol. The van der Waals surface area contributed by atoms with E-state index in [-0.39, 0.29) is 5.75 Å². The predicted octanol–water partition coefficient (Wildman–Crippen LogP) is 2.69. The Bertz CT molecular complexity index is 408. The van der Waals surface area contributed by atoms with Crippen molar-refractivity contribution >= 4 is 0 Å². The summed E-state index contributed by atoms with van der Waals surface area (Å²) in [5, 5.41) is 13.4. The molecule has 1 aliphatic carbocycles. The molecule has 1 aliphatic rings. The molecule has 4 heteroatoms. The minimum Gasteiger partial charge on any atom is -0.502 e. The van der Waals surface area contributed by atoms with Crippen LogP contribution in [0.4, 0.5) is 0 Å². The van der Waals surface area contributed by atoms with Gasteiger partial charge in [0.15, 0.2) is 11.5 Å². The normalized spacial score (nSPS) is 21.2. The highest BCUT2D eigenvalue weighted by Gasteiger charge is 2.35. The van der Waals surface area contributed by atoms with Crippen LogP contribution in [-0.2, 0) is 6.54 Å². The zero-order valence-electron chi connectivity index (χ0n) is 11.9. The van der Waals surface area contributed by atoms with Crippen LogP contribution in [0, 0.1) is 5.92 Å². The molecule has 1 aromatic rings. The first-order valence-corrected chi connectivity index (χ1v) is 6.86. The van der Waals surface area contributed by atoms with Gasteiger partial charge in [0.05, 0.1) is 14.2 Å². The zero-order valence-corrected chi connectivity index (χ0v) is 11.9. The molecule has 0 aromatic heterocycles. The van der Waals surface area contributed by atoms with Gasteiger partial charge in [-0.05, 0) is 36.5 Å². The summed E-state index contributed by atoms with van der Waals surface area (Å²) in [6.45, 7) is 3.00. The van der Waals surface area contributed by atoms with E-state index in [9.17, 15) is 5.11 Å². The fourth-order valence-corrected chi connectivity index (χ4v) is 2.49. The molecular formula is C15H23NO3. The van der Waals surface area contributed by atoms with E-state index in [1.54, 1.807) is 14.2 Å². The Morgan fingerprint density at radius 1 is 1.26 bits per heavy atom. The lowest BCUT2D eigenvalue weighted by Crippen LogP contribution is -2.17. The molecule has 0 heterocycles. The SMILES string of the molecule is CCCC1CC1NCc1cc(OC)c(O)c(OC)c1. The molecule has 1 saturated carbocycles. The molecule has 0 saturated heterocycles. The standard InChI is InChI=1S/C15H23NO3/c1-4-5-11-8-12(11)16-9-10-6-13(18-2)15(17)14(7-10)19-3/h6-7,11-12,16-17H,4-5,8-9H2,1-3H3. The second kappa shape index (κ2) is 6.15. The van der Waals surface area contributed by atoms with Crippen molar-refractivity contribution in [2.45, 2.75) is 38.8 Å². The molecule has 2 atom stereocenters. The fraction of sp³-hybridized carbons (Fsp3) is 0.600. The first-order chi connectivity index (χ1) is 9.19. The molecule has 1 fully saturated rings. The molecule has 2 unspecified atom stereocenters. The lowest BCUT2D eigenvalue weighted by molar-refractivity contribution is 0.339. The summed E-state index contributed by atoms with van der Waals surface area (Å²) in [5.41, 5.74) is 1.06. The number of aromatic hydroxyl groups is 1. The van der Waals surface area contributed by atoms with E-state index in [1.165, 1.54) is 19.3 Å². The molecule has 0 spiro atoms. The Morgan fingerprint density at radius 3 is 2.42 bits per heavy atom. The summed E-state index contributed by atoms with van der Waals surface area (Å²) in [4.78, 5) is 0. The van der Waals surface area contributed by atoms with E-state index in [1.807, 2.05) is 12.1 Å². The van der Waals surface area contributed by atoms with Gasteiger partial charge in [-0.2, -0.15) is 0 Å². The lowest BCUT2D eigenvalue weighted by Gasteiger charge is -2.12. The van der Waals surface area contributed by atoms with Crippen LogP contribution in [0.25, 0.3) is 0 Å². The van der Waals surface area contributed by atoms with E-state index in [0.717, 1.165) is 18.0 Å². The molecule has 0 bridgehead atoms. The van der Waals surface area contributed by atoms with Gasteiger partial charge in [0.2, 0.25) is 5.75 Å². The van der Waals surface area contributed by atoms with Crippen LogP contribution in [0.5, 0.6) is 17.2 Å². The smallest absolute Gasteiger partial charge is 0.200 e. The van der Waals surface area contributed by atoms with E-state index in [2.05, 4.69) is 12.2 Å². The van der Waals surface area contributed by atoms with Gasteiger partial charge < -0.3 is 19.9 Å². The maximum Gasteiger partial charge on any atom is 0.200 e. The van der Waals surface area contributed by atoms with Gasteiger partial charge in [0.25, 0.3) is 0 Å². The Kier molecular flexibility index (Phi) is 4.53. The van der Waals surface area contributed by atoms with Crippen LogP contribution in [0.1, 0.15) is 31.7 Å². The second-order valence-corrected chi connectivity index (χ2v) is 5.12.